The van der Waals surface area contributed by atoms with Gasteiger partial charge >= 0.3 is 0 Å². The predicted molar refractivity (Wildman–Crippen MR) is 109 cm³/mol. The highest BCUT2D eigenvalue weighted by molar-refractivity contribution is 7.98. The van der Waals surface area contributed by atoms with Crippen molar-refractivity contribution in [2.24, 2.45) is 5.92 Å². The molecule has 7 heteroatoms. The maximum atomic E-state index is 12.7. The van der Waals surface area contributed by atoms with Gasteiger partial charge in [-0.05, 0) is 42.7 Å². The second-order valence-electron chi connectivity index (χ2n) is 6.80. The summed E-state index contributed by atoms with van der Waals surface area (Å²) in [6.45, 7) is 1.59. The molecular weight excluding hydrogens is 376 g/mol. The minimum atomic E-state index is -0.385. The van der Waals surface area contributed by atoms with E-state index in [1.807, 2.05) is 30.5 Å². The molecule has 2 heterocycles. The van der Waals surface area contributed by atoms with Gasteiger partial charge in [0.25, 0.3) is 0 Å². The molecule has 1 fully saturated rings. The topological polar surface area (TPSA) is 67.9 Å². The molecule has 2 aliphatic rings. The summed E-state index contributed by atoms with van der Waals surface area (Å²) in [5.74, 6) is 0.741. The van der Waals surface area contributed by atoms with E-state index in [1.165, 1.54) is 0 Å². The van der Waals surface area contributed by atoms with Crippen molar-refractivity contribution >= 4 is 35.0 Å². The van der Waals surface area contributed by atoms with E-state index in [0.29, 0.717) is 36.9 Å². The summed E-state index contributed by atoms with van der Waals surface area (Å²) in [5, 5.41) is 2.91. The second-order valence-corrected chi connectivity index (χ2v) is 7.68. The molecule has 0 saturated carbocycles. The van der Waals surface area contributed by atoms with Crippen molar-refractivity contribution in [3.05, 3.63) is 42.5 Å². The van der Waals surface area contributed by atoms with Crippen LogP contribution in [0.4, 0.5) is 11.4 Å². The molecule has 146 valence electrons. The Morgan fingerprint density at radius 1 is 1.11 bits per heavy atom. The van der Waals surface area contributed by atoms with Gasteiger partial charge in [-0.3, -0.25) is 9.59 Å². The van der Waals surface area contributed by atoms with E-state index in [9.17, 15) is 9.59 Å². The van der Waals surface area contributed by atoms with Crippen LogP contribution in [0.2, 0.25) is 0 Å². The van der Waals surface area contributed by atoms with Gasteiger partial charge in [-0.2, -0.15) is 0 Å². The maximum absolute atomic E-state index is 12.7. The van der Waals surface area contributed by atoms with Crippen molar-refractivity contribution in [2.45, 2.75) is 17.7 Å². The number of carbonyl (C=O) groups is 2. The van der Waals surface area contributed by atoms with Crippen LogP contribution >= 0.6 is 11.8 Å². The first-order valence-corrected chi connectivity index (χ1v) is 10.5. The third-order valence-electron chi connectivity index (χ3n) is 4.89. The Bertz CT molecular complexity index is 884. The first-order valence-electron chi connectivity index (χ1n) is 9.29. The third kappa shape index (κ3) is 3.94. The average Bonchev–Trinajstić information content (AvgIpc) is 2.95. The molecule has 0 aliphatic carbocycles. The van der Waals surface area contributed by atoms with Gasteiger partial charge in [0.2, 0.25) is 11.8 Å². The molecule has 1 unspecified atom stereocenters. The number of amides is 2. The van der Waals surface area contributed by atoms with Gasteiger partial charge in [0, 0.05) is 41.7 Å². The van der Waals surface area contributed by atoms with Gasteiger partial charge in [0.15, 0.2) is 11.5 Å². The number of carbonyl (C=O) groups excluding carboxylic acids is 2. The van der Waals surface area contributed by atoms with Crippen LogP contribution in [0.1, 0.15) is 12.8 Å². The van der Waals surface area contributed by atoms with Gasteiger partial charge in [0.05, 0.1) is 19.1 Å². The lowest BCUT2D eigenvalue weighted by atomic mass is 10.1. The molecule has 0 spiro atoms. The minimum Gasteiger partial charge on any atom is -0.490 e. The van der Waals surface area contributed by atoms with E-state index >= 15 is 0 Å². The molecule has 1 atom stereocenters. The molecule has 6 nitrogen and oxygen atoms in total. The average molecular weight is 398 g/mol. The first-order chi connectivity index (χ1) is 13.6. The van der Waals surface area contributed by atoms with E-state index in [2.05, 4.69) is 5.32 Å². The number of nitrogens with one attached hydrogen (secondary N) is 1. The largest absolute Gasteiger partial charge is 0.490 e. The number of anilines is 2. The lowest BCUT2D eigenvalue weighted by molar-refractivity contribution is -0.122. The summed E-state index contributed by atoms with van der Waals surface area (Å²) in [7, 11) is 0. The number of fused-ring (bicyclic) bond motifs is 1. The highest BCUT2D eigenvalue weighted by atomic mass is 32.2. The fraction of sp³-hybridized carbons (Fsp3) is 0.333. The van der Waals surface area contributed by atoms with Crippen molar-refractivity contribution in [3.8, 4) is 11.5 Å². The zero-order valence-corrected chi connectivity index (χ0v) is 16.5. The monoisotopic (exact) mass is 398 g/mol. The third-order valence-corrected chi connectivity index (χ3v) is 5.64. The minimum absolute atomic E-state index is 0.0317. The van der Waals surface area contributed by atoms with Gasteiger partial charge in [-0.15, -0.1) is 11.8 Å². The highest BCUT2D eigenvalue weighted by Crippen LogP contribution is 2.33. The fourth-order valence-corrected chi connectivity index (χ4v) is 3.79. The van der Waals surface area contributed by atoms with E-state index in [1.54, 1.807) is 34.9 Å². The van der Waals surface area contributed by atoms with Crippen LogP contribution in [0.25, 0.3) is 0 Å². The summed E-state index contributed by atoms with van der Waals surface area (Å²) in [5.41, 5.74) is 1.47. The van der Waals surface area contributed by atoms with Crippen molar-refractivity contribution in [3.63, 3.8) is 0 Å². The zero-order valence-electron chi connectivity index (χ0n) is 15.6. The van der Waals surface area contributed by atoms with Crippen molar-refractivity contribution < 1.29 is 19.1 Å². The van der Waals surface area contributed by atoms with Crippen molar-refractivity contribution in [2.75, 3.05) is 36.2 Å². The molecule has 0 bridgehead atoms. The van der Waals surface area contributed by atoms with Crippen LogP contribution in [0.3, 0.4) is 0 Å². The SMILES string of the molecule is CSc1ccc(N2CC(C(=O)Nc3ccc4c(c3)OCCCO4)CC2=O)cc1. The number of rotatable bonds is 4. The number of ether oxygens (including phenoxy) is 2. The molecular formula is C21H22N2O4S. The lowest BCUT2D eigenvalue weighted by Gasteiger charge is -2.17. The maximum Gasteiger partial charge on any atom is 0.229 e. The van der Waals surface area contributed by atoms with Crippen LogP contribution < -0.4 is 19.7 Å². The van der Waals surface area contributed by atoms with E-state index in [4.69, 9.17) is 9.47 Å². The summed E-state index contributed by atoms with van der Waals surface area (Å²) in [4.78, 5) is 28.0. The van der Waals surface area contributed by atoms with E-state index in [-0.39, 0.29) is 24.2 Å². The predicted octanol–water partition coefficient (Wildman–Crippen LogP) is 3.56. The van der Waals surface area contributed by atoms with Crippen molar-refractivity contribution in [1.29, 1.82) is 0 Å². The Morgan fingerprint density at radius 3 is 2.61 bits per heavy atom. The molecule has 28 heavy (non-hydrogen) atoms. The summed E-state index contributed by atoms with van der Waals surface area (Å²) < 4.78 is 11.3. The molecule has 0 aromatic heterocycles. The standard InChI is InChI=1S/C21H22N2O4S/c1-28-17-6-4-16(5-7-17)23-13-14(11-20(23)24)21(25)22-15-3-8-18-19(12-15)27-10-2-9-26-18/h3-8,12,14H,2,9-11,13H2,1H3,(H,22,25). The van der Waals surface area contributed by atoms with Crippen LogP contribution in [0.15, 0.2) is 47.4 Å². The number of benzene rings is 2. The van der Waals surface area contributed by atoms with Gasteiger partial charge in [-0.1, -0.05) is 0 Å². The number of nitrogens with zero attached hydrogens (tertiary/aromatic N) is 1. The van der Waals surface area contributed by atoms with Crippen molar-refractivity contribution in [1.82, 2.24) is 0 Å². The van der Waals surface area contributed by atoms with Gasteiger partial charge < -0.3 is 19.7 Å². The Hall–Kier alpha value is -2.67. The van der Waals surface area contributed by atoms with Crippen LogP contribution in [0.5, 0.6) is 11.5 Å². The second kappa shape index (κ2) is 8.14. The van der Waals surface area contributed by atoms with Crippen LogP contribution in [0, 0.1) is 5.92 Å². The Morgan fingerprint density at radius 2 is 1.86 bits per heavy atom. The molecule has 2 aromatic rings. The summed E-state index contributed by atoms with van der Waals surface area (Å²) >= 11 is 1.65. The quantitative estimate of drug-likeness (QED) is 0.798. The Balaban J connectivity index is 1.42. The van der Waals surface area contributed by atoms with Crippen LogP contribution in [-0.4, -0.2) is 37.8 Å². The normalized spacial score (nSPS) is 18.7. The van der Waals surface area contributed by atoms with Gasteiger partial charge in [-0.25, -0.2) is 0 Å². The van der Waals surface area contributed by atoms with E-state index < -0.39 is 0 Å². The lowest BCUT2D eigenvalue weighted by Crippen LogP contribution is -2.28. The molecule has 0 radical (unpaired) electrons. The van der Waals surface area contributed by atoms with E-state index in [0.717, 1.165) is 17.0 Å². The Kier molecular flexibility index (Phi) is 5.43. The zero-order chi connectivity index (χ0) is 19.5. The summed E-state index contributed by atoms with van der Waals surface area (Å²) in [6.07, 6.45) is 3.05. The highest BCUT2D eigenvalue weighted by Gasteiger charge is 2.35. The molecule has 4 rings (SSSR count). The Labute approximate surface area is 168 Å². The molecule has 2 aromatic carbocycles. The molecule has 2 aliphatic heterocycles. The number of thioether (sulfide) groups is 1. The molecule has 1 N–H and O–H groups in total. The smallest absolute Gasteiger partial charge is 0.229 e. The number of hydrogen-bond acceptors (Lipinski definition) is 5. The van der Waals surface area contributed by atoms with Crippen LogP contribution in [-0.2, 0) is 9.59 Å². The number of hydrogen-bond donors (Lipinski definition) is 1. The van der Waals surface area contributed by atoms with Gasteiger partial charge in [0.1, 0.15) is 0 Å². The fourth-order valence-electron chi connectivity index (χ4n) is 3.38. The molecule has 2 amide bonds. The first kappa shape index (κ1) is 18.7. The summed E-state index contributed by atoms with van der Waals surface area (Å²) in [6, 6.07) is 13.2. The molecule has 1 saturated heterocycles.